The van der Waals surface area contributed by atoms with Gasteiger partial charge in [-0.2, -0.15) is 0 Å². The van der Waals surface area contributed by atoms with E-state index in [1.807, 2.05) is 0 Å². The Kier molecular flexibility index (Phi) is 5.07. The van der Waals surface area contributed by atoms with Crippen molar-refractivity contribution >= 4 is 17.7 Å². The third-order valence-electron chi connectivity index (χ3n) is 2.98. The average Bonchev–Trinajstić information content (AvgIpc) is 2.43. The van der Waals surface area contributed by atoms with Crippen LogP contribution in [0, 0.1) is 0 Å². The number of amides is 3. The van der Waals surface area contributed by atoms with Crippen molar-refractivity contribution in [2.45, 2.75) is 20.8 Å². The van der Waals surface area contributed by atoms with Crippen molar-refractivity contribution in [3.05, 3.63) is 36.5 Å². The van der Waals surface area contributed by atoms with E-state index in [1.54, 1.807) is 20.8 Å². The molecule has 0 radical (unpaired) electrons. The summed E-state index contributed by atoms with van der Waals surface area (Å²) >= 11 is 0. The van der Waals surface area contributed by atoms with Gasteiger partial charge in [0.05, 0.1) is 20.0 Å². The van der Waals surface area contributed by atoms with Crippen LogP contribution in [0.4, 0.5) is 0 Å². The van der Waals surface area contributed by atoms with Crippen LogP contribution in [0.2, 0.25) is 0 Å². The Bertz CT molecular complexity index is 454. The molecule has 1 aliphatic rings. The average molecular weight is 291 g/mol. The zero-order chi connectivity index (χ0) is 16.3. The van der Waals surface area contributed by atoms with E-state index >= 15 is 0 Å². The minimum atomic E-state index is -0.297. The highest BCUT2D eigenvalue weighted by Crippen LogP contribution is 2.14. The molecule has 0 bridgehead atoms. The standard InChI is InChI=1S/C15H21N3O3/c1-10(2)13(19)16-7-17(14(20)11(3)4)9-18(8-16)15(21)12(5)6/h1,3,5,7-9H2,2,4,6H3. The van der Waals surface area contributed by atoms with Crippen molar-refractivity contribution in [1.29, 1.82) is 0 Å². The van der Waals surface area contributed by atoms with E-state index in [-0.39, 0.29) is 37.7 Å². The Hall–Kier alpha value is -2.37. The predicted octanol–water partition coefficient (Wildman–Crippen LogP) is 1.09. The SMILES string of the molecule is C=C(C)C(=O)N1CN(C(=O)C(=C)C)CN(C(=O)C(=C)C)C1. The van der Waals surface area contributed by atoms with Crippen LogP contribution < -0.4 is 0 Å². The molecule has 0 N–H and O–H groups in total. The van der Waals surface area contributed by atoms with Gasteiger partial charge in [0.1, 0.15) is 0 Å². The van der Waals surface area contributed by atoms with Gasteiger partial charge in [0.15, 0.2) is 0 Å². The summed E-state index contributed by atoms with van der Waals surface area (Å²) in [6.45, 7) is 15.9. The van der Waals surface area contributed by atoms with E-state index in [4.69, 9.17) is 0 Å². The largest absolute Gasteiger partial charge is 0.303 e. The second kappa shape index (κ2) is 6.39. The van der Waals surface area contributed by atoms with Gasteiger partial charge in [-0.1, -0.05) is 19.7 Å². The molecule has 0 aliphatic carbocycles. The number of hydrogen-bond acceptors (Lipinski definition) is 3. The Labute approximate surface area is 125 Å². The van der Waals surface area contributed by atoms with Crippen molar-refractivity contribution in [3.8, 4) is 0 Å². The van der Waals surface area contributed by atoms with Crippen molar-refractivity contribution in [3.63, 3.8) is 0 Å². The summed E-state index contributed by atoms with van der Waals surface area (Å²) in [6, 6.07) is 0. The van der Waals surface area contributed by atoms with Gasteiger partial charge in [-0.05, 0) is 20.8 Å². The Morgan fingerprint density at radius 1 is 0.619 bits per heavy atom. The van der Waals surface area contributed by atoms with Gasteiger partial charge >= 0.3 is 0 Å². The maximum atomic E-state index is 12.1. The maximum Gasteiger partial charge on any atom is 0.251 e. The fourth-order valence-electron chi connectivity index (χ4n) is 1.95. The van der Waals surface area contributed by atoms with Crippen LogP contribution >= 0.6 is 0 Å². The fourth-order valence-corrected chi connectivity index (χ4v) is 1.95. The molecule has 1 rings (SSSR count). The third-order valence-corrected chi connectivity index (χ3v) is 2.98. The van der Waals surface area contributed by atoms with Gasteiger partial charge in [-0.3, -0.25) is 14.4 Å². The van der Waals surface area contributed by atoms with E-state index in [0.717, 1.165) is 0 Å². The number of carbonyl (C=O) groups is 3. The molecular weight excluding hydrogens is 270 g/mol. The van der Waals surface area contributed by atoms with Crippen molar-refractivity contribution in [1.82, 2.24) is 14.7 Å². The fraction of sp³-hybridized carbons (Fsp3) is 0.400. The molecule has 1 saturated heterocycles. The Morgan fingerprint density at radius 2 is 0.810 bits per heavy atom. The lowest BCUT2D eigenvalue weighted by Gasteiger charge is -2.42. The molecule has 0 atom stereocenters. The molecule has 1 fully saturated rings. The van der Waals surface area contributed by atoms with Crippen molar-refractivity contribution < 1.29 is 14.4 Å². The van der Waals surface area contributed by atoms with Crippen molar-refractivity contribution in [2.75, 3.05) is 20.0 Å². The van der Waals surface area contributed by atoms with Gasteiger partial charge in [-0.15, -0.1) is 0 Å². The summed E-state index contributed by atoms with van der Waals surface area (Å²) < 4.78 is 0. The zero-order valence-corrected chi connectivity index (χ0v) is 12.8. The molecule has 0 aromatic carbocycles. The van der Waals surface area contributed by atoms with E-state index in [0.29, 0.717) is 16.7 Å². The van der Waals surface area contributed by atoms with Crippen LogP contribution in [-0.4, -0.2) is 52.4 Å². The maximum absolute atomic E-state index is 12.1. The van der Waals surface area contributed by atoms with Gasteiger partial charge in [-0.25, -0.2) is 0 Å². The molecule has 0 aromatic rings. The molecule has 1 aliphatic heterocycles. The van der Waals surface area contributed by atoms with Gasteiger partial charge in [0.2, 0.25) is 0 Å². The highest BCUT2D eigenvalue weighted by atomic mass is 16.2. The molecule has 0 saturated carbocycles. The minimum absolute atomic E-state index is 0.108. The molecule has 6 nitrogen and oxygen atoms in total. The predicted molar refractivity (Wildman–Crippen MR) is 79.6 cm³/mol. The van der Waals surface area contributed by atoms with Crippen LogP contribution in [0.15, 0.2) is 36.5 Å². The first-order valence-electron chi connectivity index (χ1n) is 6.49. The third kappa shape index (κ3) is 3.81. The monoisotopic (exact) mass is 291 g/mol. The van der Waals surface area contributed by atoms with Crippen LogP contribution in [0.1, 0.15) is 20.8 Å². The summed E-state index contributed by atoms with van der Waals surface area (Å²) in [5, 5.41) is 0. The molecule has 0 spiro atoms. The second-order valence-corrected chi connectivity index (χ2v) is 5.30. The summed E-state index contributed by atoms with van der Waals surface area (Å²) in [6.07, 6.45) is 0. The molecule has 21 heavy (non-hydrogen) atoms. The number of nitrogens with zero attached hydrogens (tertiary/aromatic N) is 3. The van der Waals surface area contributed by atoms with Gasteiger partial charge < -0.3 is 14.7 Å². The summed E-state index contributed by atoms with van der Waals surface area (Å²) in [5.41, 5.74) is 1.05. The molecule has 3 amide bonds. The quantitative estimate of drug-likeness (QED) is 0.731. The molecule has 0 unspecified atom stereocenters. The first-order chi connectivity index (χ1) is 9.65. The van der Waals surface area contributed by atoms with Crippen LogP contribution in [0.25, 0.3) is 0 Å². The molecule has 0 aromatic heterocycles. The van der Waals surface area contributed by atoms with Crippen LogP contribution in [0.3, 0.4) is 0 Å². The number of carbonyl (C=O) groups excluding carboxylic acids is 3. The summed E-state index contributed by atoms with van der Waals surface area (Å²) in [7, 11) is 0. The summed E-state index contributed by atoms with van der Waals surface area (Å²) in [4.78, 5) is 40.4. The Balaban J connectivity index is 3.03. The lowest BCUT2D eigenvalue weighted by atomic mass is 10.2. The molecule has 6 heteroatoms. The molecular formula is C15H21N3O3. The lowest BCUT2D eigenvalue weighted by Crippen LogP contribution is -2.59. The normalized spacial score (nSPS) is 14.7. The number of hydrogen-bond donors (Lipinski definition) is 0. The number of rotatable bonds is 3. The van der Waals surface area contributed by atoms with E-state index < -0.39 is 0 Å². The van der Waals surface area contributed by atoms with E-state index in [1.165, 1.54) is 14.7 Å². The highest BCUT2D eigenvalue weighted by molar-refractivity contribution is 5.96. The Morgan fingerprint density at radius 3 is 0.952 bits per heavy atom. The topological polar surface area (TPSA) is 60.9 Å². The summed E-state index contributed by atoms with van der Waals surface area (Å²) in [5.74, 6) is -0.892. The minimum Gasteiger partial charge on any atom is -0.303 e. The highest BCUT2D eigenvalue weighted by Gasteiger charge is 2.32. The van der Waals surface area contributed by atoms with E-state index in [2.05, 4.69) is 19.7 Å². The molecule has 114 valence electrons. The first-order valence-corrected chi connectivity index (χ1v) is 6.49. The van der Waals surface area contributed by atoms with Gasteiger partial charge in [0, 0.05) is 16.7 Å². The zero-order valence-electron chi connectivity index (χ0n) is 12.8. The van der Waals surface area contributed by atoms with Crippen LogP contribution in [-0.2, 0) is 14.4 Å². The first kappa shape index (κ1) is 16.7. The van der Waals surface area contributed by atoms with Gasteiger partial charge in [0.25, 0.3) is 17.7 Å². The second-order valence-electron chi connectivity index (χ2n) is 5.30. The molecule has 1 heterocycles. The smallest absolute Gasteiger partial charge is 0.251 e. The van der Waals surface area contributed by atoms with Crippen molar-refractivity contribution in [2.24, 2.45) is 0 Å². The van der Waals surface area contributed by atoms with Crippen LogP contribution in [0.5, 0.6) is 0 Å². The van der Waals surface area contributed by atoms with E-state index in [9.17, 15) is 14.4 Å². The lowest BCUT2D eigenvalue weighted by molar-refractivity contribution is -0.153.